The Kier molecular flexibility index (Phi) is 7.03. The molecule has 4 rings (SSSR count). The summed E-state index contributed by atoms with van der Waals surface area (Å²) in [7, 11) is 0. The van der Waals surface area contributed by atoms with Crippen LogP contribution in [-0.4, -0.2) is 16.7 Å². The smallest absolute Gasteiger partial charge is 0.202 e. The first-order valence-corrected chi connectivity index (χ1v) is 12.1. The first-order chi connectivity index (χ1) is 14.7. The molecule has 2 aromatic carbocycles. The van der Waals surface area contributed by atoms with Gasteiger partial charge in [0.1, 0.15) is 0 Å². The van der Waals surface area contributed by atoms with Gasteiger partial charge in [-0.05, 0) is 72.2 Å². The van der Waals surface area contributed by atoms with Gasteiger partial charge in [0.05, 0.1) is 10.6 Å². The van der Waals surface area contributed by atoms with Crippen LogP contribution in [0.5, 0.6) is 0 Å². The van der Waals surface area contributed by atoms with Crippen molar-refractivity contribution in [1.29, 1.82) is 0 Å². The number of carbonyl (C=O) groups excluding carboxylic acids is 1. The van der Waals surface area contributed by atoms with E-state index in [4.69, 9.17) is 0 Å². The molecule has 1 aromatic heterocycles. The fourth-order valence-corrected chi connectivity index (χ4v) is 5.47. The first kappa shape index (κ1) is 20.9. The number of benzene rings is 2. The van der Waals surface area contributed by atoms with Crippen molar-refractivity contribution in [3.05, 3.63) is 82.0 Å². The molecule has 0 bridgehead atoms. The number of carbonyl (C=O) groups is 1. The van der Waals surface area contributed by atoms with Crippen LogP contribution < -0.4 is 0 Å². The van der Waals surface area contributed by atoms with Gasteiger partial charge < -0.3 is 5.21 Å². The molecule has 0 amide bonds. The average molecular weight is 436 g/mol. The monoisotopic (exact) mass is 435 g/mol. The molecule has 154 valence electrons. The molecule has 30 heavy (non-hydrogen) atoms. The van der Waals surface area contributed by atoms with Crippen molar-refractivity contribution in [2.75, 3.05) is 0 Å². The van der Waals surface area contributed by atoms with Crippen LogP contribution in [0, 0.1) is 5.92 Å². The van der Waals surface area contributed by atoms with E-state index in [1.54, 1.807) is 11.8 Å². The molecule has 0 atom stereocenters. The second-order valence-electron chi connectivity index (χ2n) is 7.69. The molecule has 3 aromatic rings. The Bertz CT molecular complexity index is 987. The van der Waals surface area contributed by atoms with E-state index in [0.29, 0.717) is 5.56 Å². The lowest BCUT2D eigenvalue weighted by Gasteiger charge is -2.10. The van der Waals surface area contributed by atoms with Gasteiger partial charge >= 0.3 is 0 Å². The van der Waals surface area contributed by atoms with Gasteiger partial charge in [0, 0.05) is 15.4 Å². The Morgan fingerprint density at radius 2 is 1.60 bits per heavy atom. The standard InChI is InChI=1S/C25H25NO2S2/c27-25(24-6-3-17-29-24)20-10-14-22(15-11-20)30-21-12-8-19(9-13-21)23(26-28)16-7-18-4-1-2-5-18/h3,6,8-15,17-18,28H,1-2,4-5,7,16H2/b26-23+. The Labute approximate surface area is 185 Å². The maximum Gasteiger partial charge on any atom is 0.202 e. The van der Waals surface area contributed by atoms with Gasteiger partial charge in [-0.2, -0.15) is 0 Å². The molecule has 1 saturated carbocycles. The van der Waals surface area contributed by atoms with Gasteiger partial charge in [-0.3, -0.25) is 4.79 Å². The van der Waals surface area contributed by atoms with Gasteiger partial charge in [0.15, 0.2) is 0 Å². The van der Waals surface area contributed by atoms with Crippen LogP contribution in [0.3, 0.4) is 0 Å². The van der Waals surface area contributed by atoms with E-state index < -0.39 is 0 Å². The van der Waals surface area contributed by atoms with Gasteiger partial charge in [-0.15, -0.1) is 11.3 Å². The summed E-state index contributed by atoms with van der Waals surface area (Å²) in [5, 5.41) is 14.9. The molecule has 0 saturated heterocycles. The minimum atomic E-state index is 0.0688. The SMILES string of the molecule is O=C(c1ccc(Sc2ccc(/C(CCC3CCCC3)=N/O)cc2)cc1)c1cccs1. The number of hydrogen-bond donors (Lipinski definition) is 1. The molecule has 0 spiro atoms. The second kappa shape index (κ2) is 10.1. The number of nitrogens with zero attached hydrogens (tertiary/aromatic N) is 1. The van der Waals surface area contributed by atoms with E-state index in [9.17, 15) is 10.0 Å². The molecule has 1 aliphatic rings. The summed E-state index contributed by atoms with van der Waals surface area (Å²) in [6.07, 6.45) is 7.23. The van der Waals surface area contributed by atoms with Crippen molar-refractivity contribution < 1.29 is 10.0 Å². The molecule has 1 aliphatic carbocycles. The normalized spacial score (nSPS) is 14.9. The lowest BCUT2D eigenvalue weighted by atomic mass is 9.97. The largest absolute Gasteiger partial charge is 0.411 e. The van der Waals surface area contributed by atoms with E-state index in [1.807, 2.05) is 53.9 Å². The third-order valence-corrected chi connectivity index (χ3v) is 7.55. The molecular formula is C25H25NO2S2. The summed E-state index contributed by atoms with van der Waals surface area (Å²) in [5.41, 5.74) is 2.47. The van der Waals surface area contributed by atoms with Crippen LogP contribution in [0.4, 0.5) is 0 Å². The molecule has 3 nitrogen and oxygen atoms in total. The number of oxime groups is 1. The van der Waals surface area contributed by atoms with Gasteiger partial charge in [0.2, 0.25) is 5.78 Å². The third kappa shape index (κ3) is 5.21. The lowest BCUT2D eigenvalue weighted by molar-refractivity contribution is 0.104. The van der Waals surface area contributed by atoms with Crippen molar-refractivity contribution >= 4 is 34.6 Å². The zero-order valence-electron chi connectivity index (χ0n) is 16.8. The predicted octanol–water partition coefficient (Wildman–Crippen LogP) is 7.28. The molecule has 0 aliphatic heterocycles. The molecule has 5 heteroatoms. The van der Waals surface area contributed by atoms with Crippen molar-refractivity contribution in [3.8, 4) is 0 Å². The molecule has 1 fully saturated rings. The Morgan fingerprint density at radius 1 is 0.967 bits per heavy atom. The zero-order chi connectivity index (χ0) is 20.8. The highest BCUT2D eigenvalue weighted by Gasteiger charge is 2.16. The van der Waals surface area contributed by atoms with Gasteiger partial charge in [-0.25, -0.2) is 0 Å². The van der Waals surface area contributed by atoms with Gasteiger partial charge in [-0.1, -0.05) is 60.8 Å². The second-order valence-corrected chi connectivity index (χ2v) is 9.79. The van der Waals surface area contributed by atoms with Crippen molar-refractivity contribution in [2.24, 2.45) is 11.1 Å². The summed E-state index contributed by atoms with van der Waals surface area (Å²) in [6, 6.07) is 19.7. The Morgan fingerprint density at radius 3 is 2.17 bits per heavy atom. The maximum atomic E-state index is 12.4. The highest BCUT2D eigenvalue weighted by molar-refractivity contribution is 7.99. The fourth-order valence-electron chi connectivity index (χ4n) is 3.97. The van der Waals surface area contributed by atoms with Crippen molar-refractivity contribution in [3.63, 3.8) is 0 Å². The maximum absolute atomic E-state index is 12.4. The summed E-state index contributed by atoms with van der Waals surface area (Å²) in [6.45, 7) is 0. The summed E-state index contributed by atoms with van der Waals surface area (Å²) >= 11 is 3.12. The van der Waals surface area contributed by atoms with Gasteiger partial charge in [0.25, 0.3) is 0 Å². The van der Waals surface area contributed by atoms with Crippen molar-refractivity contribution in [2.45, 2.75) is 48.3 Å². The molecular weight excluding hydrogens is 410 g/mol. The fraction of sp³-hybridized carbons (Fsp3) is 0.280. The minimum absolute atomic E-state index is 0.0688. The van der Waals surface area contributed by atoms with E-state index >= 15 is 0 Å². The Hall–Kier alpha value is -2.37. The molecule has 0 unspecified atom stereocenters. The molecule has 1 N–H and O–H groups in total. The van der Waals surface area contributed by atoms with E-state index in [2.05, 4.69) is 17.3 Å². The van der Waals surface area contributed by atoms with Crippen molar-refractivity contribution in [1.82, 2.24) is 0 Å². The van der Waals surface area contributed by atoms with Crippen LogP contribution in [0.25, 0.3) is 0 Å². The topological polar surface area (TPSA) is 49.7 Å². The summed E-state index contributed by atoms with van der Waals surface area (Å²) in [4.78, 5) is 15.4. The zero-order valence-corrected chi connectivity index (χ0v) is 18.4. The summed E-state index contributed by atoms with van der Waals surface area (Å²) < 4.78 is 0. The highest BCUT2D eigenvalue weighted by atomic mass is 32.2. The minimum Gasteiger partial charge on any atom is -0.411 e. The third-order valence-electron chi connectivity index (χ3n) is 5.67. The number of thiophene rings is 1. The van der Waals surface area contributed by atoms with Crippen LogP contribution in [0.1, 0.15) is 59.3 Å². The Balaban J connectivity index is 1.36. The first-order valence-electron chi connectivity index (χ1n) is 10.4. The summed E-state index contributed by atoms with van der Waals surface area (Å²) in [5.74, 6) is 0.852. The number of hydrogen-bond acceptors (Lipinski definition) is 5. The molecule has 1 heterocycles. The predicted molar refractivity (Wildman–Crippen MR) is 124 cm³/mol. The molecule has 0 radical (unpaired) electrons. The lowest BCUT2D eigenvalue weighted by Crippen LogP contribution is -2.04. The van der Waals surface area contributed by atoms with Crippen LogP contribution >= 0.6 is 23.1 Å². The quantitative estimate of drug-likeness (QED) is 0.175. The highest BCUT2D eigenvalue weighted by Crippen LogP contribution is 2.31. The van der Waals surface area contributed by atoms with Crippen LogP contribution in [0.2, 0.25) is 0 Å². The number of ketones is 1. The van der Waals surface area contributed by atoms with E-state index in [0.717, 1.165) is 44.7 Å². The van der Waals surface area contributed by atoms with E-state index in [1.165, 1.54) is 37.0 Å². The van der Waals surface area contributed by atoms with Crippen LogP contribution in [0.15, 0.2) is 81.0 Å². The number of rotatable bonds is 8. The van der Waals surface area contributed by atoms with E-state index in [-0.39, 0.29) is 5.78 Å². The average Bonchev–Trinajstić information content (AvgIpc) is 3.50. The van der Waals surface area contributed by atoms with Crippen LogP contribution in [-0.2, 0) is 0 Å².